The topological polar surface area (TPSA) is 43.6 Å². The number of imidazole rings is 1. The minimum Gasteiger partial charge on any atom is -0.328 e. The lowest BCUT2D eigenvalue weighted by Gasteiger charge is -2.08. The molecular weight excluding hydrogens is 284 g/mol. The summed E-state index contributed by atoms with van der Waals surface area (Å²) in [6.45, 7) is 4.97. The van der Waals surface area contributed by atoms with Crippen molar-refractivity contribution in [3.63, 3.8) is 0 Å². The smallest absolute Gasteiger partial charge is 0.133 e. The zero-order valence-electron chi connectivity index (χ0n) is 12.2. The van der Waals surface area contributed by atoms with Gasteiger partial charge in [-0.15, -0.1) is 0 Å². The Labute approximate surface area is 128 Å². The summed E-state index contributed by atoms with van der Waals surface area (Å²) in [5.41, 5.74) is 3.10. The lowest BCUT2D eigenvalue weighted by atomic mass is 10.2. The molecule has 4 nitrogen and oxygen atoms in total. The molecule has 0 saturated carbocycles. The third kappa shape index (κ3) is 2.90. The van der Waals surface area contributed by atoms with Crippen molar-refractivity contribution in [2.45, 2.75) is 33.2 Å². The molecule has 0 N–H and O–H groups in total. The first-order valence-corrected chi connectivity index (χ1v) is 7.49. The Hall–Kier alpha value is -1.94. The quantitative estimate of drug-likeness (QED) is 0.689. The van der Waals surface area contributed by atoms with Crippen LogP contribution in [0.1, 0.15) is 30.7 Å². The molecule has 0 amide bonds. The van der Waals surface area contributed by atoms with Crippen LogP contribution in [0.25, 0.3) is 11.0 Å². The van der Waals surface area contributed by atoms with Crippen molar-refractivity contribution < 1.29 is 0 Å². The number of aromatic nitrogens is 4. The summed E-state index contributed by atoms with van der Waals surface area (Å²) in [5.74, 6) is 1.71. The maximum atomic E-state index is 6.02. The first kappa shape index (κ1) is 14.0. The number of benzene rings is 1. The standard InChI is InChI=1S/C16H17ClN4/c1-3-8-21-14-7-5-4-6-13(14)20-16(21)10-12-9-15(17)19-11(2)18-12/h4-7,9H,3,8,10H2,1-2H3. The van der Waals surface area contributed by atoms with Gasteiger partial charge < -0.3 is 4.57 Å². The number of para-hydroxylation sites is 2. The van der Waals surface area contributed by atoms with Crippen LogP contribution in [0.2, 0.25) is 5.15 Å². The van der Waals surface area contributed by atoms with Crippen LogP contribution in [0, 0.1) is 6.92 Å². The molecule has 5 heteroatoms. The van der Waals surface area contributed by atoms with Gasteiger partial charge in [0.25, 0.3) is 0 Å². The molecule has 0 unspecified atom stereocenters. The van der Waals surface area contributed by atoms with Crippen LogP contribution >= 0.6 is 11.6 Å². The molecule has 0 aliphatic heterocycles. The number of halogens is 1. The van der Waals surface area contributed by atoms with Crippen LogP contribution in [-0.2, 0) is 13.0 Å². The van der Waals surface area contributed by atoms with Crippen molar-refractivity contribution in [3.05, 3.63) is 52.8 Å². The van der Waals surface area contributed by atoms with E-state index >= 15 is 0 Å². The van der Waals surface area contributed by atoms with Gasteiger partial charge in [-0.25, -0.2) is 15.0 Å². The van der Waals surface area contributed by atoms with E-state index in [4.69, 9.17) is 16.6 Å². The Kier molecular flexibility index (Phi) is 3.88. The van der Waals surface area contributed by atoms with Crippen molar-refractivity contribution in [1.29, 1.82) is 0 Å². The monoisotopic (exact) mass is 300 g/mol. The molecule has 21 heavy (non-hydrogen) atoms. The van der Waals surface area contributed by atoms with E-state index in [0.29, 0.717) is 17.4 Å². The largest absolute Gasteiger partial charge is 0.328 e. The van der Waals surface area contributed by atoms with Crippen molar-refractivity contribution in [2.24, 2.45) is 0 Å². The maximum Gasteiger partial charge on any atom is 0.133 e. The number of hydrogen-bond donors (Lipinski definition) is 0. The second kappa shape index (κ2) is 5.82. The van der Waals surface area contributed by atoms with Gasteiger partial charge in [-0.3, -0.25) is 0 Å². The second-order valence-corrected chi connectivity index (χ2v) is 5.46. The lowest BCUT2D eigenvalue weighted by molar-refractivity contribution is 0.661. The van der Waals surface area contributed by atoms with Crippen LogP contribution in [0.3, 0.4) is 0 Å². The molecular formula is C16H17ClN4. The zero-order chi connectivity index (χ0) is 14.8. The van der Waals surface area contributed by atoms with E-state index in [2.05, 4.69) is 27.5 Å². The van der Waals surface area contributed by atoms with Crippen LogP contribution < -0.4 is 0 Å². The number of fused-ring (bicyclic) bond motifs is 1. The molecule has 0 saturated heterocycles. The average molecular weight is 301 g/mol. The Balaban J connectivity index is 2.04. The molecule has 0 aliphatic rings. The Morgan fingerprint density at radius 3 is 2.71 bits per heavy atom. The normalized spacial score (nSPS) is 11.2. The minimum atomic E-state index is 0.482. The molecule has 0 radical (unpaired) electrons. The Morgan fingerprint density at radius 2 is 1.95 bits per heavy atom. The molecule has 0 aliphatic carbocycles. The highest BCUT2D eigenvalue weighted by molar-refractivity contribution is 6.29. The number of hydrogen-bond acceptors (Lipinski definition) is 3. The van der Waals surface area contributed by atoms with Crippen LogP contribution in [0.15, 0.2) is 30.3 Å². The number of nitrogens with zero attached hydrogens (tertiary/aromatic N) is 4. The molecule has 3 rings (SSSR count). The molecule has 0 atom stereocenters. The summed E-state index contributed by atoms with van der Waals surface area (Å²) in [6.07, 6.45) is 1.73. The van der Waals surface area contributed by atoms with Crippen molar-refractivity contribution >= 4 is 22.6 Å². The Bertz CT molecular complexity index is 759. The third-order valence-corrected chi connectivity index (χ3v) is 3.57. The summed E-state index contributed by atoms with van der Waals surface area (Å²) in [5, 5.41) is 0.482. The summed E-state index contributed by atoms with van der Waals surface area (Å²) in [7, 11) is 0. The fraction of sp³-hybridized carbons (Fsp3) is 0.312. The minimum absolute atomic E-state index is 0.482. The fourth-order valence-electron chi connectivity index (χ4n) is 2.58. The van der Waals surface area contributed by atoms with Gasteiger partial charge in [-0.2, -0.15) is 0 Å². The van der Waals surface area contributed by atoms with E-state index < -0.39 is 0 Å². The highest BCUT2D eigenvalue weighted by atomic mass is 35.5. The predicted octanol–water partition coefficient (Wildman–Crippen LogP) is 3.79. The molecule has 0 fully saturated rings. The van der Waals surface area contributed by atoms with E-state index in [-0.39, 0.29) is 0 Å². The number of rotatable bonds is 4. The van der Waals surface area contributed by atoms with Gasteiger partial charge in [0.15, 0.2) is 0 Å². The van der Waals surface area contributed by atoms with E-state index in [1.165, 1.54) is 5.52 Å². The maximum absolute atomic E-state index is 6.02. The first-order valence-electron chi connectivity index (χ1n) is 7.11. The lowest BCUT2D eigenvalue weighted by Crippen LogP contribution is -2.06. The molecule has 3 aromatic rings. The highest BCUT2D eigenvalue weighted by Crippen LogP contribution is 2.19. The summed E-state index contributed by atoms with van der Waals surface area (Å²) in [6, 6.07) is 10.0. The van der Waals surface area contributed by atoms with E-state index in [0.717, 1.165) is 30.0 Å². The predicted molar refractivity (Wildman–Crippen MR) is 84.6 cm³/mol. The molecule has 0 bridgehead atoms. The van der Waals surface area contributed by atoms with Gasteiger partial charge in [0.2, 0.25) is 0 Å². The van der Waals surface area contributed by atoms with Crippen molar-refractivity contribution in [1.82, 2.24) is 19.5 Å². The van der Waals surface area contributed by atoms with Crippen molar-refractivity contribution in [3.8, 4) is 0 Å². The molecule has 1 aromatic carbocycles. The first-order chi connectivity index (χ1) is 10.2. The average Bonchev–Trinajstić information content (AvgIpc) is 2.76. The van der Waals surface area contributed by atoms with Gasteiger partial charge in [0.1, 0.15) is 16.8 Å². The van der Waals surface area contributed by atoms with E-state index in [1.807, 2.05) is 31.2 Å². The third-order valence-electron chi connectivity index (χ3n) is 3.38. The molecule has 2 heterocycles. The van der Waals surface area contributed by atoms with Crippen LogP contribution in [0.4, 0.5) is 0 Å². The van der Waals surface area contributed by atoms with Crippen LogP contribution in [0.5, 0.6) is 0 Å². The summed E-state index contributed by atoms with van der Waals surface area (Å²) in [4.78, 5) is 13.3. The summed E-state index contributed by atoms with van der Waals surface area (Å²) >= 11 is 6.02. The van der Waals surface area contributed by atoms with Crippen LogP contribution in [-0.4, -0.2) is 19.5 Å². The van der Waals surface area contributed by atoms with Gasteiger partial charge in [0, 0.05) is 13.0 Å². The van der Waals surface area contributed by atoms with E-state index in [1.54, 1.807) is 0 Å². The summed E-state index contributed by atoms with van der Waals surface area (Å²) < 4.78 is 2.26. The zero-order valence-corrected chi connectivity index (χ0v) is 12.9. The van der Waals surface area contributed by atoms with Crippen molar-refractivity contribution in [2.75, 3.05) is 0 Å². The van der Waals surface area contributed by atoms with Gasteiger partial charge in [-0.1, -0.05) is 30.7 Å². The highest BCUT2D eigenvalue weighted by Gasteiger charge is 2.11. The Morgan fingerprint density at radius 1 is 1.14 bits per heavy atom. The van der Waals surface area contributed by atoms with Gasteiger partial charge >= 0.3 is 0 Å². The van der Waals surface area contributed by atoms with Gasteiger partial charge in [0.05, 0.1) is 16.7 Å². The fourth-order valence-corrected chi connectivity index (χ4v) is 2.82. The molecule has 2 aromatic heterocycles. The number of aryl methyl sites for hydroxylation is 2. The second-order valence-electron chi connectivity index (χ2n) is 5.07. The van der Waals surface area contributed by atoms with Gasteiger partial charge in [-0.05, 0) is 31.5 Å². The molecule has 108 valence electrons. The molecule has 0 spiro atoms. The van der Waals surface area contributed by atoms with E-state index in [9.17, 15) is 0 Å². The SMILES string of the molecule is CCCn1c(Cc2cc(Cl)nc(C)n2)nc2ccccc21.